The molecule has 1 aromatic carbocycles. The summed E-state index contributed by atoms with van der Waals surface area (Å²) in [4.78, 5) is 15.5. The molecule has 1 aliphatic heterocycles. The minimum atomic E-state index is -0.891. The van der Waals surface area contributed by atoms with Crippen molar-refractivity contribution in [1.82, 2.24) is 19.9 Å². The molecule has 2 heterocycles. The largest absolute Gasteiger partial charge is 0.481 e. The predicted molar refractivity (Wildman–Crippen MR) is 82.4 cm³/mol. The number of aliphatic carboxylic acids is 1. The molecule has 0 saturated carbocycles. The van der Waals surface area contributed by atoms with Crippen molar-refractivity contribution in [3.05, 3.63) is 36.2 Å². The number of benzene rings is 1. The molecule has 2 aromatic rings. The van der Waals surface area contributed by atoms with Crippen molar-refractivity contribution in [3.63, 3.8) is 0 Å². The molecule has 7 heteroatoms. The van der Waals surface area contributed by atoms with Crippen LogP contribution in [0.2, 0.25) is 0 Å². The van der Waals surface area contributed by atoms with Gasteiger partial charge in [-0.1, -0.05) is 5.21 Å². The summed E-state index contributed by atoms with van der Waals surface area (Å²) in [5, 5.41) is 16.7. The quantitative estimate of drug-likeness (QED) is 0.893. The number of piperazine rings is 1. The first-order chi connectivity index (χ1) is 10.6. The molecule has 0 spiro atoms. The number of carbonyl (C=O) groups is 1. The Morgan fingerprint density at radius 1 is 1.14 bits per heavy atom. The number of rotatable bonds is 4. The lowest BCUT2D eigenvalue weighted by molar-refractivity contribution is -0.136. The van der Waals surface area contributed by atoms with Crippen LogP contribution in [0.5, 0.6) is 0 Å². The topological polar surface area (TPSA) is 74.5 Å². The van der Waals surface area contributed by atoms with Crippen LogP contribution in [0.25, 0.3) is 5.69 Å². The third kappa shape index (κ3) is 3.09. The van der Waals surface area contributed by atoms with E-state index in [0.717, 1.165) is 31.9 Å². The maximum atomic E-state index is 10.9. The molecule has 0 atom stereocenters. The van der Waals surface area contributed by atoms with Gasteiger partial charge in [0.15, 0.2) is 0 Å². The second-order valence-electron chi connectivity index (χ2n) is 5.51. The highest BCUT2D eigenvalue weighted by Crippen LogP contribution is 2.19. The molecule has 0 radical (unpaired) electrons. The molecule has 1 aromatic heterocycles. The van der Waals surface area contributed by atoms with E-state index < -0.39 is 5.97 Å². The number of carboxylic acid groups (broad SMARTS) is 1. The summed E-state index contributed by atoms with van der Waals surface area (Å²) in [7, 11) is 2.13. The van der Waals surface area contributed by atoms with Crippen LogP contribution >= 0.6 is 0 Å². The number of hydrogen-bond acceptors (Lipinski definition) is 5. The molecule has 0 unspecified atom stereocenters. The minimum Gasteiger partial charge on any atom is -0.481 e. The van der Waals surface area contributed by atoms with Gasteiger partial charge in [0.05, 0.1) is 24.0 Å². The van der Waals surface area contributed by atoms with Crippen molar-refractivity contribution >= 4 is 11.7 Å². The first kappa shape index (κ1) is 14.5. The fraction of sp³-hybridized carbons (Fsp3) is 0.400. The average molecular weight is 301 g/mol. The van der Waals surface area contributed by atoms with Crippen LogP contribution in [0.15, 0.2) is 30.5 Å². The number of nitrogens with zero attached hydrogens (tertiary/aromatic N) is 5. The Morgan fingerprint density at radius 3 is 2.41 bits per heavy atom. The molecule has 0 aliphatic carbocycles. The molecule has 1 N–H and O–H groups in total. The van der Waals surface area contributed by atoms with Gasteiger partial charge >= 0.3 is 5.97 Å². The van der Waals surface area contributed by atoms with Crippen LogP contribution in [0.1, 0.15) is 5.69 Å². The van der Waals surface area contributed by atoms with Crippen molar-refractivity contribution in [3.8, 4) is 5.69 Å². The molecular weight excluding hydrogens is 282 g/mol. The van der Waals surface area contributed by atoms with E-state index in [1.807, 2.05) is 24.3 Å². The van der Waals surface area contributed by atoms with Crippen LogP contribution < -0.4 is 4.90 Å². The van der Waals surface area contributed by atoms with Gasteiger partial charge in [0.25, 0.3) is 0 Å². The first-order valence-corrected chi connectivity index (χ1v) is 7.29. The van der Waals surface area contributed by atoms with E-state index in [4.69, 9.17) is 5.11 Å². The van der Waals surface area contributed by atoms with Crippen LogP contribution in [-0.4, -0.2) is 64.2 Å². The van der Waals surface area contributed by atoms with Gasteiger partial charge in [0.1, 0.15) is 0 Å². The van der Waals surface area contributed by atoms with Crippen LogP contribution in [-0.2, 0) is 11.2 Å². The molecule has 0 bridgehead atoms. The molecule has 1 fully saturated rings. The molecule has 22 heavy (non-hydrogen) atoms. The fourth-order valence-corrected chi connectivity index (χ4v) is 2.62. The van der Waals surface area contributed by atoms with E-state index in [9.17, 15) is 4.79 Å². The number of likely N-dealkylation sites (N-methyl/N-ethyl adjacent to an activating group) is 1. The number of anilines is 1. The Kier molecular flexibility index (Phi) is 4.06. The van der Waals surface area contributed by atoms with Gasteiger partial charge in [-0.2, -0.15) is 0 Å². The number of hydrogen-bond donors (Lipinski definition) is 1. The SMILES string of the molecule is CN1CCN(c2ccc(-n3nncc3CC(=O)O)cc2)CC1. The summed E-state index contributed by atoms with van der Waals surface area (Å²) in [6, 6.07) is 8.00. The van der Waals surface area contributed by atoms with Crippen LogP contribution in [0.4, 0.5) is 5.69 Å². The standard InChI is InChI=1S/C15H19N5O2/c1-18-6-8-19(9-7-18)12-2-4-13(5-3-12)20-14(10-15(21)22)11-16-17-20/h2-5,11H,6-10H2,1H3,(H,21,22). The zero-order chi connectivity index (χ0) is 15.5. The lowest BCUT2D eigenvalue weighted by Crippen LogP contribution is -2.44. The zero-order valence-electron chi connectivity index (χ0n) is 12.5. The van der Waals surface area contributed by atoms with Gasteiger partial charge in [-0.15, -0.1) is 5.10 Å². The molecule has 0 amide bonds. The zero-order valence-corrected chi connectivity index (χ0v) is 12.5. The van der Waals surface area contributed by atoms with Crippen LogP contribution in [0, 0.1) is 0 Å². The summed E-state index contributed by atoms with van der Waals surface area (Å²) < 4.78 is 1.57. The van der Waals surface area contributed by atoms with Crippen LogP contribution in [0.3, 0.4) is 0 Å². The molecule has 7 nitrogen and oxygen atoms in total. The van der Waals surface area contributed by atoms with Crippen molar-refractivity contribution in [2.75, 3.05) is 38.1 Å². The number of aromatic nitrogens is 3. The molecule has 1 aliphatic rings. The Balaban J connectivity index is 1.77. The van der Waals surface area contributed by atoms with E-state index >= 15 is 0 Å². The summed E-state index contributed by atoms with van der Waals surface area (Å²) in [6.45, 7) is 4.16. The summed E-state index contributed by atoms with van der Waals surface area (Å²) in [5.41, 5.74) is 2.57. The molecule has 3 rings (SSSR count). The smallest absolute Gasteiger partial charge is 0.309 e. The van der Waals surface area contributed by atoms with E-state index in [1.165, 1.54) is 11.9 Å². The Labute approximate surface area is 128 Å². The summed E-state index contributed by atoms with van der Waals surface area (Å²) in [6.07, 6.45) is 1.40. The summed E-state index contributed by atoms with van der Waals surface area (Å²) in [5.74, 6) is -0.891. The highest BCUT2D eigenvalue weighted by atomic mass is 16.4. The van der Waals surface area contributed by atoms with E-state index in [2.05, 4.69) is 27.2 Å². The van der Waals surface area contributed by atoms with Crippen molar-refractivity contribution in [2.24, 2.45) is 0 Å². The third-order valence-corrected chi connectivity index (χ3v) is 3.91. The van der Waals surface area contributed by atoms with Crippen molar-refractivity contribution in [1.29, 1.82) is 0 Å². The van der Waals surface area contributed by atoms with Gasteiger partial charge < -0.3 is 14.9 Å². The van der Waals surface area contributed by atoms with E-state index in [-0.39, 0.29) is 6.42 Å². The Hall–Kier alpha value is -2.41. The average Bonchev–Trinajstić information content (AvgIpc) is 2.95. The van der Waals surface area contributed by atoms with Gasteiger partial charge in [-0.3, -0.25) is 4.79 Å². The highest BCUT2D eigenvalue weighted by Gasteiger charge is 2.15. The first-order valence-electron chi connectivity index (χ1n) is 7.29. The lowest BCUT2D eigenvalue weighted by atomic mass is 10.2. The monoisotopic (exact) mass is 301 g/mol. The van der Waals surface area contributed by atoms with Crippen molar-refractivity contribution in [2.45, 2.75) is 6.42 Å². The van der Waals surface area contributed by atoms with Gasteiger partial charge in [-0.05, 0) is 31.3 Å². The van der Waals surface area contributed by atoms with E-state index in [1.54, 1.807) is 4.68 Å². The second kappa shape index (κ2) is 6.15. The lowest BCUT2D eigenvalue weighted by Gasteiger charge is -2.34. The molecule has 1 saturated heterocycles. The normalized spacial score (nSPS) is 16.0. The predicted octanol–water partition coefficient (Wildman–Crippen LogP) is 0.646. The minimum absolute atomic E-state index is 0.0901. The Bertz CT molecular complexity index is 644. The second-order valence-corrected chi connectivity index (χ2v) is 5.51. The van der Waals surface area contributed by atoms with Gasteiger partial charge in [0.2, 0.25) is 0 Å². The van der Waals surface area contributed by atoms with Crippen molar-refractivity contribution < 1.29 is 9.90 Å². The van der Waals surface area contributed by atoms with Gasteiger partial charge in [0, 0.05) is 31.9 Å². The van der Waals surface area contributed by atoms with E-state index in [0.29, 0.717) is 5.69 Å². The molecular formula is C15H19N5O2. The highest BCUT2D eigenvalue weighted by molar-refractivity contribution is 5.69. The summed E-state index contributed by atoms with van der Waals surface area (Å²) >= 11 is 0. The molecule has 116 valence electrons. The third-order valence-electron chi connectivity index (χ3n) is 3.91. The Morgan fingerprint density at radius 2 is 1.77 bits per heavy atom. The number of carboxylic acids is 1. The fourth-order valence-electron chi connectivity index (χ4n) is 2.62. The maximum Gasteiger partial charge on any atom is 0.309 e. The van der Waals surface area contributed by atoms with Gasteiger partial charge in [-0.25, -0.2) is 4.68 Å². The maximum absolute atomic E-state index is 10.9.